The molecule has 5 rings (SSSR count). The SMILES string of the molecule is C[C@@H](Sc1nnc(C2CC2)o1)C(=O)N1N=C(c2ccc(Cl)cc2)C[C@H]1c1ccco1. The first-order valence-electron chi connectivity index (χ1n) is 9.78. The Hall–Kier alpha value is -2.58. The molecule has 1 amide bonds. The van der Waals surface area contributed by atoms with Gasteiger partial charge in [0.15, 0.2) is 0 Å². The monoisotopic (exact) mass is 442 g/mol. The van der Waals surface area contributed by atoms with Crippen LogP contribution < -0.4 is 0 Å². The summed E-state index contributed by atoms with van der Waals surface area (Å²) in [5.41, 5.74) is 1.74. The number of hydrogen-bond acceptors (Lipinski definition) is 7. The minimum absolute atomic E-state index is 0.142. The third-order valence-corrected chi connectivity index (χ3v) is 6.33. The summed E-state index contributed by atoms with van der Waals surface area (Å²) in [6.45, 7) is 1.82. The van der Waals surface area contributed by atoms with Gasteiger partial charge in [-0.2, -0.15) is 5.10 Å². The van der Waals surface area contributed by atoms with Gasteiger partial charge < -0.3 is 8.83 Å². The molecule has 0 N–H and O–H groups in total. The Morgan fingerprint density at radius 1 is 1.23 bits per heavy atom. The van der Waals surface area contributed by atoms with E-state index in [0.717, 1.165) is 24.1 Å². The molecule has 0 saturated heterocycles. The lowest BCUT2D eigenvalue weighted by molar-refractivity contribution is -0.132. The van der Waals surface area contributed by atoms with Gasteiger partial charge in [-0.05, 0) is 49.6 Å². The Kier molecular flexibility index (Phi) is 5.12. The van der Waals surface area contributed by atoms with E-state index in [-0.39, 0.29) is 11.9 Å². The number of benzene rings is 1. The Morgan fingerprint density at radius 3 is 2.73 bits per heavy atom. The molecule has 0 unspecified atom stereocenters. The summed E-state index contributed by atoms with van der Waals surface area (Å²) in [6, 6.07) is 10.8. The number of thioether (sulfide) groups is 1. The highest BCUT2D eigenvalue weighted by molar-refractivity contribution is 8.00. The van der Waals surface area contributed by atoms with Gasteiger partial charge in [-0.3, -0.25) is 4.79 Å². The second kappa shape index (κ2) is 7.92. The third-order valence-electron chi connectivity index (χ3n) is 5.16. The number of hydrogen-bond donors (Lipinski definition) is 0. The van der Waals surface area contributed by atoms with Crippen molar-refractivity contribution in [2.75, 3.05) is 0 Å². The predicted molar refractivity (Wildman–Crippen MR) is 112 cm³/mol. The van der Waals surface area contributed by atoms with Gasteiger partial charge in [0, 0.05) is 17.4 Å². The molecule has 7 nitrogen and oxygen atoms in total. The van der Waals surface area contributed by atoms with Crippen LogP contribution in [0.5, 0.6) is 0 Å². The van der Waals surface area contributed by atoms with E-state index in [1.807, 2.05) is 43.3 Å². The van der Waals surface area contributed by atoms with Gasteiger partial charge in [0.2, 0.25) is 5.89 Å². The lowest BCUT2D eigenvalue weighted by atomic mass is 10.0. The van der Waals surface area contributed by atoms with E-state index in [4.69, 9.17) is 20.4 Å². The molecule has 2 atom stereocenters. The van der Waals surface area contributed by atoms with Gasteiger partial charge in [0.1, 0.15) is 11.8 Å². The molecule has 2 aliphatic rings. The van der Waals surface area contributed by atoms with Crippen molar-refractivity contribution in [3.8, 4) is 0 Å². The molecule has 2 aromatic heterocycles. The van der Waals surface area contributed by atoms with Gasteiger partial charge >= 0.3 is 0 Å². The molecule has 1 fully saturated rings. The summed E-state index contributed by atoms with van der Waals surface area (Å²) in [7, 11) is 0. The van der Waals surface area contributed by atoms with Gasteiger partial charge in [0.05, 0.1) is 17.2 Å². The average molecular weight is 443 g/mol. The lowest BCUT2D eigenvalue weighted by Crippen LogP contribution is -2.33. The highest BCUT2D eigenvalue weighted by Crippen LogP contribution is 2.40. The molecule has 3 aromatic rings. The van der Waals surface area contributed by atoms with E-state index in [9.17, 15) is 4.79 Å². The first kappa shape index (κ1) is 19.4. The fraction of sp³-hybridized carbons (Fsp3) is 0.333. The molecule has 9 heteroatoms. The van der Waals surface area contributed by atoms with Crippen molar-refractivity contribution in [1.29, 1.82) is 0 Å². The minimum Gasteiger partial charge on any atom is -0.467 e. The van der Waals surface area contributed by atoms with Crippen LogP contribution in [0.2, 0.25) is 5.02 Å². The van der Waals surface area contributed by atoms with Crippen LogP contribution in [0, 0.1) is 0 Å². The summed E-state index contributed by atoms with van der Waals surface area (Å²) in [6.07, 6.45) is 4.34. The van der Waals surface area contributed by atoms with Gasteiger partial charge in [-0.15, -0.1) is 10.2 Å². The zero-order valence-corrected chi connectivity index (χ0v) is 17.8. The van der Waals surface area contributed by atoms with Crippen molar-refractivity contribution in [3.05, 3.63) is 64.9 Å². The van der Waals surface area contributed by atoms with Gasteiger partial charge in [-0.1, -0.05) is 35.5 Å². The molecular weight excluding hydrogens is 424 g/mol. The minimum atomic E-state index is -0.441. The average Bonchev–Trinajstić information content (AvgIpc) is 3.14. The third kappa shape index (κ3) is 3.89. The first-order valence-corrected chi connectivity index (χ1v) is 11.0. The molecule has 3 heterocycles. The Morgan fingerprint density at radius 2 is 2.03 bits per heavy atom. The summed E-state index contributed by atoms with van der Waals surface area (Å²) < 4.78 is 11.3. The van der Waals surface area contributed by atoms with Gasteiger partial charge in [0.25, 0.3) is 11.1 Å². The topological polar surface area (TPSA) is 84.7 Å². The first-order chi connectivity index (χ1) is 14.6. The van der Waals surface area contributed by atoms with E-state index in [1.165, 1.54) is 16.8 Å². The largest absolute Gasteiger partial charge is 0.467 e. The van der Waals surface area contributed by atoms with E-state index in [2.05, 4.69) is 15.3 Å². The molecule has 0 bridgehead atoms. The number of hydrazone groups is 1. The van der Waals surface area contributed by atoms with Crippen LogP contribution in [0.3, 0.4) is 0 Å². The lowest BCUT2D eigenvalue weighted by Gasteiger charge is -2.22. The van der Waals surface area contributed by atoms with Gasteiger partial charge in [-0.25, -0.2) is 5.01 Å². The van der Waals surface area contributed by atoms with E-state index >= 15 is 0 Å². The highest BCUT2D eigenvalue weighted by Gasteiger charge is 2.37. The fourth-order valence-electron chi connectivity index (χ4n) is 3.38. The number of amides is 1. The maximum atomic E-state index is 13.3. The number of carbonyl (C=O) groups excluding carboxylic acids is 1. The molecule has 30 heavy (non-hydrogen) atoms. The normalized spacial score (nSPS) is 19.7. The molecule has 0 spiro atoms. The Balaban J connectivity index is 1.37. The summed E-state index contributed by atoms with van der Waals surface area (Å²) in [5.74, 6) is 1.60. The van der Waals surface area contributed by atoms with Crippen LogP contribution in [-0.2, 0) is 4.79 Å². The molecule has 0 radical (unpaired) electrons. The fourth-order valence-corrected chi connectivity index (χ4v) is 4.24. The van der Waals surface area contributed by atoms with Crippen molar-refractivity contribution in [2.24, 2.45) is 5.10 Å². The van der Waals surface area contributed by atoms with Crippen LogP contribution in [0.15, 0.2) is 61.8 Å². The standard InChI is InChI=1S/C21H19ClN4O3S/c1-12(30-21-24-23-19(29-21)14-4-5-14)20(27)26-17(18-3-2-10-28-18)11-16(25-26)13-6-8-15(22)9-7-13/h2-3,6-10,12,14,17H,4-5,11H2,1H3/t12-,17+/m1/s1. The second-order valence-corrected chi connectivity index (χ2v) is 9.14. The van der Waals surface area contributed by atoms with Crippen LogP contribution >= 0.6 is 23.4 Å². The Labute approximate surface area is 182 Å². The number of carbonyl (C=O) groups is 1. The van der Waals surface area contributed by atoms with Crippen molar-refractivity contribution < 1.29 is 13.6 Å². The van der Waals surface area contributed by atoms with Crippen molar-refractivity contribution in [1.82, 2.24) is 15.2 Å². The molecule has 1 aliphatic heterocycles. The number of rotatable bonds is 6. The van der Waals surface area contributed by atoms with E-state index in [0.29, 0.717) is 34.2 Å². The maximum absolute atomic E-state index is 13.3. The molecule has 1 saturated carbocycles. The van der Waals surface area contributed by atoms with E-state index in [1.54, 1.807) is 6.26 Å². The van der Waals surface area contributed by atoms with Crippen molar-refractivity contribution >= 4 is 35.0 Å². The number of halogens is 1. The van der Waals surface area contributed by atoms with Crippen LogP contribution in [0.4, 0.5) is 0 Å². The molecule has 154 valence electrons. The summed E-state index contributed by atoms with van der Waals surface area (Å²) >= 11 is 7.26. The van der Waals surface area contributed by atoms with Crippen LogP contribution in [-0.4, -0.2) is 32.1 Å². The maximum Gasteiger partial charge on any atom is 0.277 e. The zero-order chi connectivity index (χ0) is 20.7. The van der Waals surface area contributed by atoms with Crippen LogP contribution in [0.1, 0.15) is 55.4 Å². The highest BCUT2D eigenvalue weighted by atomic mass is 35.5. The molecule has 1 aromatic carbocycles. The second-order valence-electron chi connectivity index (χ2n) is 7.41. The summed E-state index contributed by atoms with van der Waals surface area (Å²) in [5, 5.41) is 14.9. The van der Waals surface area contributed by atoms with E-state index < -0.39 is 5.25 Å². The summed E-state index contributed by atoms with van der Waals surface area (Å²) in [4.78, 5) is 13.3. The molecule has 1 aliphatic carbocycles. The number of furan rings is 1. The molecular formula is C21H19ClN4O3S. The quantitative estimate of drug-likeness (QED) is 0.496. The zero-order valence-electron chi connectivity index (χ0n) is 16.2. The van der Waals surface area contributed by atoms with Crippen molar-refractivity contribution in [2.45, 2.75) is 48.6 Å². The van der Waals surface area contributed by atoms with Crippen LogP contribution in [0.25, 0.3) is 0 Å². The predicted octanol–water partition coefficient (Wildman–Crippen LogP) is 5.05. The number of aromatic nitrogens is 2. The Bertz CT molecular complexity index is 1080. The van der Waals surface area contributed by atoms with Crippen molar-refractivity contribution in [3.63, 3.8) is 0 Å². The smallest absolute Gasteiger partial charge is 0.277 e. The number of nitrogens with zero attached hydrogens (tertiary/aromatic N) is 4.